The molecule has 0 spiro atoms. The van der Waals surface area contributed by atoms with Crippen LogP contribution < -0.4 is 0 Å². The zero-order valence-electron chi connectivity index (χ0n) is 10.6. The Morgan fingerprint density at radius 1 is 0.762 bits per heavy atom. The molecule has 2 aromatic rings. The second-order valence-corrected chi connectivity index (χ2v) is 3.04. The van der Waals surface area contributed by atoms with Crippen LogP contribution in [-0.4, -0.2) is 43.1 Å². The Hall–Kier alpha value is -2.32. The van der Waals surface area contributed by atoms with Crippen LogP contribution in [0.2, 0.25) is 0 Å². The minimum absolute atomic E-state index is 0. The van der Waals surface area contributed by atoms with Crippen molar-refractivity contribution in [3.05, 3.63) is 60.2 Å². The number of pyridine rings is 2. The van der Waals surface area contributed by atoms with E-state index in [0.29, 0.717) is 0 Å². The van der Waals surface area contributed by atoms with Crippen LogP contribution in [0.5, 0.6) is 0 Å². The third-order valence-corrected chi connectivity index (χ3v) is 1.77. The number of carbonyl (C=O) groups is 2. The summed E-state index contributed by atoms with van der Waals surface area (Å²) in [5.74, 6) is -1.98. The Morgan fingerprint density at radius 3 is 1.24 bits per heavy atom. The summed E-state index contributed by atoms with van der Waals surface area (Å²) in [6.07, 6.45) is 2.90. The van der Waals surface area contributed by atoms with Gasteiger partial charge in [-0.05, 0) is 24.3 Å². The minimum Gasteiger partial charge on any atom is -0.477 e. The normalized spacial score (nSPS) is 7.62. The van der Waals surface area contributed by atoms with Crippen LogP contribution in [-0.2, 0) is 17.1 Å². The van der Waals surface area contributed by atoms with Gasteiger partial charge in [-0.2, -0.15) is 0 Å². The SMILES string of the molecule is O.O.O=C(O)c1ccccn1.O=C(O)c1ccccn1.[Mn]. The van der Waals surface area contributed by atoms with Crippen molar-refractivity contribution >= 4 is 11.9 Å². The van der Waals surface area contributed by atoms with Gasteiger partial charge in [-0.15, -0.1) is 0 Å². The van der Waals surface area contributed by atoms with Crippen molar-refractivity contribution < 1.29 is 47.8 Å². The monoisotopic (exact) mass is 337 g/mol. The van der Waals surface area contributed by atoms with Crippen LogP contribution in [0.1, 0.15) is 21.0 Å². The van der Waals surface area contributed by atoms with Crippen molar-refractivity contribution in [3.8, 4) is 0 Å². The van der Waals surface area contributed by atoms with E-state index in [1.54, 1.807) is 24.3 Å². The Balaban J connectivity index is -0.000000270. The van der Waals surface area contributed by atoms with Crippen molar-refractivity contribution in [2.75, 3.05) is 0 Å². The summed E-state index contributed by atoms with van der Waals surface area (Å²) in [6, 6.07) is 9.51. The summed E-state index contributed by atoms with van der Waals surface area (Å²) in [7, 11) is 0. The molecule has 21 heavy (non-hydrogen) atoms. The molecule has 0 unspecified atom stereocenters. The fraction of sp³-hybridized carbons (Fsp3) is 0. The largest absolute Gasteiger partial charge is 0.477 e. The zero-order chi connectivity index (χ0) is 13.4. The van der Waals surface area contributed by atoms with Gasteiger partial charge in [0.05, 0.1) is 0 Å². The molecule has 0 fully saturated rings. The standard InChI is InChI=1S/2C6H5NO2.Mn.2H2O/c2*8-6(9)5-3-1-2-4-7-5;;;/h2*1-4H,(H,8,9);;2*1H2. The summed E-state index contributed by atoms with van der Waals surface area (Å²) < 4.78 is 0. The summed E-state index contributed by atoms with van der Waals surface area (Å²) >= 11 is 0. The molecule has 0 aliphatic heterocycles. The van der Waals surface area contributed by atoms with Gasteiger partial charge in [-0.1, -0.05) is 12.1 Å². The van der Waals surface area contributed by atoms with Gasteiger partial charge in [0.2, 0.25) is 0 Å². The molecule has 2 heterocycles. The van der Waals surface area contributed by atoms with Crippen molar-refractivity contribution in [2.45, 2.75) is 0 Å². The van der Waals surface area contributed by atoms with Crippen LogP contribution >= 0.6 is 0 Å². The average molecular weight is 337 g/mol. The van der Waals surface area contributed by atoms with E-state index in [1.165, 1.54) is 24.5 Å². The van der Waals surface area contributed by atoms with Gasteiger partial charge in [0.15, 0.2) is 0 Å². The van der Waals surface area contributed by atoms with E-state index < -0.39 is 11.9 Å². The van der Waals surface area contributed by atoms with Crippen molar-refractivity contribution in [1.82, 2.24) is 9.97 Å². The number of aromatic nitrogens is 2. The van der Waals surface area contributed by atoms with Gasteiger partial charge in [0, 0.05) is 29.5 Å². The molecule has 2 rings (SSSR count). The summed E-state index contributed by atoms with van der Waals surface area (Å²) in [4.78, 5) is 27.4. The molecule has 115 valence electrons. The molecule has 0 amide bonds. The second kappa shape index (κ2) is 12.7. The van der Waals surface area contributed by atoms with Crippen molar-refractivity contribution in [3.63, 3.8) is 0 Å². The molecule has 0 aliphatic carbocycles. The topological polar surface area (TPSA) is 163 Å². The van der Waals surface area contributed by atoms with Crippen molar-refractivity contribution in [1.29, 1.82) is 0 Å². The summed E-state index contributed by atoms with van der Waals surface area (Å²) in [5, 5.41) is 16.6. The molecule has 1 radical (unpaired) electrons. The van der Waals surface area contributed by atoms with E-state index in [1.807, 2.05) is 0 Å². The Bertz CT molecular complexity index is 474. The number of carboxylic acids is 2. The molecular weight excluding hydrogens is 323 g/mol. The quantitative estimate of drug-likeness (QED) is 0.727. The number of nitrogens with zero attached hydrogens (tertiary/aromatic N) is 2. The first kappa shape index (κ1) is 23.7. The molecule has 2 aromatic heterocycles. The zero-order valence-corrected chi connectivity index (χ0v) is 11.8. The van der Waals surface area contributed by atoms with E-state index in [-0.39, 0.29) is 39.4 Å². The third kappa shape index (κ3) is 9.25. The van der Waals surface area contributed by atoms with Gasteiger partial charge in [0.25, 0.3) is 0 Å². The van der Waals surface area contributed by atoms with Gasteiger partial charge in [-0.3, -0.25) is 0 Å². The van der Waals surface area contributed by atoms with Gasteiger partial charge >= 0.3 is 11.9 Å². The number of carboxylic acid groups (broad SMARTS) is 2. The number of hydrogen-bond donors (Lipinski definition) is 2. The maximum Gasteiger partial charge on any atom is 0.354 e. The van der Waals surface area contributed by atoms with Crippen molar-refractivity contribution in [2.24, 2.45) is 0 Å². The van der Waals surface area contributed by atoms with Gasteiger partial charge in [0.1, 0.15) is 11.4 Å². The molecular formula is C12H14MnN2O6. The summed E-state index contributed by atoms with van der Waals surface area (Å²) in [6.45, 7) is 0. The number of rotatable bonds is 2. The fourth-order valence-corrected chi connectivity index (χ4v) is 0.979. The van der Waals surface area contributed by atoms with Gasteiger partial charge in [-0.25, -0.2) is 19.6 Å². The number of hydrogen-bond acceptors (Lipinski definition) is 4. The first-order valence-corrected chi connectivity index (χ1v) is 4.90. The predicted molar refractivity (Wildman–Crippen MR) is 69.6 cm³/mol. The molecule has 0 atom stereocenters. The molecule has 0 bridgehead atoms. The maximum atomic E-state index is 10.1. The van der Waals surface area contributed by atoms with Crippen LogP contribution in [0.25, 0.3) is 0 Å². The Morgan fingerprint density at radius 2 is 1.10 bits per heavy atom. The van der Waals surface area contributed by atoms with E-state index in [0.717, 1.165) is 0 Å². The third-order valence-electron chi connectivity index (χ3n) is 1.77. The smallest absolute Gasteiger partial charge is 0.354 e. The molecule has 8 nitrogen and oxygen atoms in total. The van der Waals surface area contributed by atoms with Crippen LogP contribution in [0.15, 0.2) is 48.8 Å². The fourth-order valence-electron chi connectivity index (χ4n) is 0.979. The van der Waals surface area contributed by atoms with E-state index in [9.17, 15) is 9.59 Å². The van der Waals surface area contributed by atoms with E-state index >= 15 is 0 Å². The van der Waals surface area contributed by atoms with Crippen LogP contribution in [0.4, 0.5) is 0 Å². The second-order valence-electron chi connectivity index (χ2n) is 3.04. The van der Waals surface area contributed by atoms with Gasteiger partial charge < -0.3 is 21.2 Å². The molecule has 9 heteroatoms. The van der Waals surface area contributed by atoms with Crippen LogP contribution in [0.3, 0.4) is 0 Å². The Kier molecular flexibility index (Phi) is 14.4. The molecule has 0 aromatic carbocycles. The van der Waals surface area contributed by atoms with E-state index in [4.69, 9.17) is 10.2 Å². The van der Waals surface area contributed by atoms with E-state index in [2.05, 4.69) is 9.97 Å². The first-order valence-electron chi connectivity index (χ1n) is 4.90. The minimum atomic E-state index is -0.990. The molecule has 0 saturated heterocycles. The summed E-state index contributed by atoms with van der Waals surface area (Å²) in [5.41, 5.74) is 0.162. The molecule has 0 aliphatic rings. The Labute approximate surface area is 130 Å². The maximum absolute atomic E-state index is 10.1. The molecule has 0 saturated carbocycles. The number of aromatic carboxylic acids is 2. The predicted octanol–water partition coefficient (Wildman–Crippen LogP) is -0.0923. The average Bonchev–Trinajstić information content (AvgIpc) is 2.41. The van der Waals surface area contributed by atoms with Crippen LogP contribution in [0, 0.1) is 0 Å². The first-order chi connectivity index (χ1) is 8.61. The molecule has 6 N–H and O–H groups in total.